The van der Waals surface area contributed by atoms with Crippen molar-refractivity contribution >= 4 is 17.5 Å². The number of carbonyl (C=O) groups is 2. The second kappa shape index (κ2) is 5.84. The summed E-state index contributed by atoms with van der Waals surface area (Å²) in [5.74, 6) is -0.0553. The Balaban J connectivity index is 2.43. The van der Waals surface area contributed by atoms with Crippen LogP contribution >= 0.6 is 0 Å². The van der Waals surface area contributed by atoms with Gasteiger partial charge in [-0.3, -0.25) is 19.5 Å². The first-order valence-corrected chi connectivity index (χ1v) is 7.44. The monoisotopic (exact) mass is 289 g/mol. The number of aryl methyl sites for hydroxylation is 2. The standard InChI is InChI=1S/C16H23N3O2/c1-6-9(2)14-16(21)19(12(5)15(20)18-14)13-8-7-10(3)17-11(13)4/h7-9,12,14H,6H2,1-5H3,(H,18,20). The van der Waals surface area contributed by atoms with E-state index in [4.69, 9.17) is 0 Å². The Bertz CT molecular complexity index is 571. The number of carbonyl (C=O) groups excluding carboxylic acids is 2. The summed E-state index contributed by atoms with van der Waals surface area (Å²) in [5.41, 5.74) is 2.39. The fourth-order valence-electron chi connectivity index (χ4n) is 2.68. The zero-order valence-electron chi connectivity index (χ0n) is 13.3. The lowest BCUT2D eigenvalue weighted by Crippen LogP contribution is -2.64. The molecule has 5 nitrogen and oxygen atoms in total. The van der Waals surface area contributed by atoms with E-state index in [9.17, 15) is 9.59 Å². The minimum atomic E-state index is -0.513. The van der Waals surface area contributed by atoms with E-state index in [1.807, 2.05) is 39.8 Å². The molecule has 2 amide bonds. The van der Waals surface area contributed by atoms with E-state index < -0.39 is 12.1 Å². The molecule has 1 aliphatic rings. The normalized spacial score (nSPS) is 24.0. The number of pyridine rings is 1. The minimum Gasteiger partial charge on any atom is -0.342 e. The number of rotatable bonds is 3. The lowest BCUT2D eigenvalue weighted by atomic mass is 9.94. The van der Waals surface area contributed by atoms with Gasteiger partial charge >= 0.3 is 0 Å². The van der Waals surface area contributed by atoms with Gasteiger partial charge < -0.3 is 5.32 Å². The molecule has 1 aromatic rings. The van der Waals surface area contributed by atoms with Crippen LogP contribution in [0.25, 0.3) is 0 Å². The highest BCUT2D eigenvalue weighted by molar-refractivity contribution is 6.08. The van der Waals surface area contributed by atoms with Crippen LogP contribution in [0.5, 0.6) is 0 Å². The van der Waals surface area contributed by atoms with E-state index in [-0.39, 0.29) is 17.7 Å². The number of anilines is 1. The van der Waals surface area contributed by atoms with Gasteiger partial charge in [0.2, 0.25) is 5.91 Å². The average molecular weight is 289 g/mol. The molecule has 2 rings (SSSR count). The Hall–Kier alpha value is -1.91. The molecule has 3 atom stereocenters. The highest BCUT2D eigenvalue weighted by atomic mass is 16.2. The topological polar surface area (TPSA) is 62.3 Å². The van der Waals surface area contributed by atoms with E-state index in [2.05, 4.69) is 10.3 Å². The maximum atomic E-state index is 12.8. The average Bonchev–Trinajstić information content (AvgIpc) is 2.44. The fraction of sp³-hybridized carbons (Fsp3) is 0.562. The van der Waals surface area contributed by atoms with Crippen LogP contribution in [0, 0.1) is 19.8 Å². The van der Waals surface area contributed by atoms with Crippen molar-refractivity contribution in [2.75, 3.05) is 4.90 Å². The van der Waals surface area contributed by atoms with Crippen LogP contribution in [0.4, 0.5) is 5.69 Å². The summed E-state index contributed by atoms with van der Waals surface area (Å²) in [7, 11) is 0. The molecule has 1 saturated heterocycles. The molecule has 0 aromatic carbocycles. The zero-order valence-corrected chi connectivity index (χ0v) is 13.3. The summed E-state index contributed by atoms with van der Waals surface area (Å²) < 4.78 is 0. The van der Waals surface area contributed by atoms with Gasteiger partial charge in [-0.2, -0.15) is 0 Å². The smallest absolute Gasteiger partial charge is 0.250 e. The van der Waals surface area contributed by atoms with Crippen LogP contribution in [-0.4, -0.2) is 28.9 Å². The number of nitrogens with zero attached hydrogens (tertiary/aromatic N) is 2. The fourth-order valence-corrected chi connectivity index (χ4v) is 2.68. The Kier molecular flexibility index (Phi) is 4.30. The Morgan fingerprint density at radius 2 is 2.00 bits per heavy atom. The SMILES string of the molecule is CCC(C)C1NC(=O)C(C)N(c2ccc(C)nc2C)C1=O. The predicted molar refractivity (Wildman–Crippen MR) is 82.0 cm³/mol. The van der Waals surface area contributed by atoms with Crippen LogP contribution in [0.15, 0.2) is 12.1 Å². The third-order valence-electron chi connectivity index (χ3n) is 4.24. The number of hydrogen-bond donors (Lipinski definition) is 1. The van der Waals surface area contributed by atoms with Crippen molar-refractivity contribution in [3.05, 3.63) is 23.5 Å². The molecule has 3 unspecified atom stereocenters. The quantitative estimate of drug-likeness (QED) is 0.925. The number of hydrogen-bond acceptors (Lipinski definition) is 3. The molecule has 0 radical (unpaired) electrons. The van der Waals surface area contributed by atoms with Crippen molar-refractivity contribution < 1.29 is 9.59 Å². The number of piperazine rings is 1. The molecule has 0 saturated carbocycles. The third kappa shape index (κ3) is 2.77. The van der Waals surface area contributed by atoms with Crippen LogP contribution < -0.4 is 10.2 Å². The lowest BCUT2D eigenvalue weighted by molar-refractivity contribution is -0.134. The van der Waals surface area contributed by atoms with Gasteiger partial charge in [-0.15, -0.1) is 0 Å². The molecular weight excluding hydrogens is 266 g/mol. The highest BCUT2D eigenvalue weighted by Crippen LogP contribution is 2.26. The molecular formula is C16H23N3O2. The summed E-state index contributed by atoms with van der Waals surface area (Å²) in [4.78, 5) is 31.0. The Morgan fingerprint density at radius 3 is 2.57 bits per heavy atom. The van der Waals surface area contributed by atoms with Gasteiger partial charge in [-0.05, 0) is 38.8 Å². The van der Waals surface area contributed by atoms with Gasteiger partial charge in [0.1, 0.15) is 12.1 Å². The zero-order chi connectivity index (χ0) is 15.7. The van der Waals surface area contributed by atoms with E-state index in [0.717, 1.165) is 23.5 Å². The van der Waals surface area contributed by atoms with Crippen molar-refractivity contribution in [1.29, 1.82) is 0 Å². The first-order chi connectivity index (χ1) is 9.86. The van der Waals surface area contributed by atoms with Crippen LogP contribution in [0.1, 0.15) is 38.6 Å². The minimum absolute atomic E-state index is 0.0507. The van der Waals surface area contributed by atoms with Crippen molar-refractivity contribution in [3.63, 3.8) is 0 Å². The summed E-state index contributed by atoms with van der Waals surface area (Å²) in [5, 5.41) is 2.85. The highest BCUT2D eigenvalue weighted by Gasteiger charge is 2.41. The molecule has 1 aliphatic heterocycles. The Labute approximate surface area is 125 Å². The Morgan fingerprint density at radius 1 is 1.33 bits per heavy atom. The van der Waals surface area contributed by atoms with Crippen molar-refractivity contribution in [2.24, 2.45) is 5.92 Å². The van der Waals surface area contributed by atoms with E-state index in [1.54, 1.807) is 11.8 Å². The van der Waals surface area contributed by atoms with E-state index >= 15 is 0 Å². The van der Waals surface area contributed by atoms with Gasteiger partial charge in [0.05, 0.1) is 11.4 Å². The van der Waals surface area contributed by atoms with Crippen molar-refractivity contribution in [3.8, 4) is 0 Å². The second-order valence-electron chi connectivity index (χ2n) is 5.81. The van der Waals surface area contributed by atoms with Crippen LogP contribution in [0.3, 0.4) is 0 Å². The first-order valence-electron chi connectivity index (χ1n) is 7.44. The molecule has 114 valence electrons. The van der Waals surface area contributed by atoms with Gasteiger partial charge in [-0.25, -0.2) is 0 Å². The largest absolute Gasteiger partial charge is 0.342 e. The molecule has 21 heavy (non-hydrogen) atoms. The van der Waals surface area contributed by atoms with Crippen molar-refractivity contribution in [2.45, 2.75) is 53.1 Å². The number of aromatic nitrogens is 1. The number of amides is 2. The third-order valence-corrected chi connectivity index (χ3v) is 4.24. The maximum Gasteiger partial charge on any atom is 0.250 e. The second-order valence-corrected chi connectivity index (χ2v) is 5.81. The van der Waals surface area contributed by atoms with Gasteiger partial charge in [0, 0.05) is 5.69 Å². The van der Waals surface area contributed by atoms with Crippen LogP contribution in [-0.2, 0) is 9.59 Å². The summed E-state index contributed by atoms with van der Waals surface area (Å²) in [6.07, 6.45) is 0.837. The maximum absolute atomic E-state index is 12.8. The molecule has 0 spiro atoms. The van der Waals surface area contributed by atoms with Crippen molar-refractivity contribution in [1.82, 2.24) is 10.3 Å². The molecule has 1 aromatic heterocycles. The molecule has 5 heteroatoms. The number of nitrogens with one attached hydrogen (secondary N) is 1. The van der Waals surface area contributed by atoms with E-state index in [0.29, 0.717) is 0 Å². The molecule has 0 aliphatic carbocycles. The van der Waals surface area contributed by atoms with Gasteiger partial charge in [-0.1, -0.05) is 20.3 Å². The van der Waals surface area contributed by atoms with Gasteiger partial charge in [0.15, 0.2) is 0 Å². The predicted octanol–water partition coefficient (Wildman–Crippen LogP) is 1.96. The lowest BCUT2D eigenvalue weighted by Gasteiger charge is -2.39. The van der Waals surface area contributed by atoms with E-state index in [1.165, 1.54) is 0 Å². The molecule has 0 bridgehead atoms. The molecule has 2 heterocycles. The molecule has 1 N–H and O–H groups in total. The summed E-state index contributed by atoms with van der Waals surface area (Å²) in [6, 6.07) is 2.77. The van der Waals surface area contributed by atoms with Crippen LogP contribution in [0.2, 0.25) is 0 Å². The summed E-state index contributed by atoms with van der Waals surface area (Å²) >= 11 is 0. The summed E-state index contributed by atoms with van der Waals surface area (Å²) in [6.45, 7) is 9.53. The first kappa shape index (κ1) is 15.5. The van der Waals surface area contributed by atoms with Gasteiger partial charge in [0.25, 0.3) is 5.91 Å². The molecule has 1 fully saturated rings.